The molecule has 0 spiro atoms. The number of benzene rings is 1. The Bertz CT molecular complexity index is 862. The number of allylic oxidation sites excluding steroid dienone is 1. The third-order valence-electron chi connectivity index (χ3n) is 4.86. The van der Waals surface area contributed by atoms with Crippen molar-refractivity contribution in [1.82, 2.24) is 5.32 Å². The number of esters is 1. The Morgan fingerprint density at radius 3 is 2.32 bits per heavy atom. The summed E-state index contributed by atoms with van der Waals surface area (Å²) in [5, 5.41) is 3.43. The van der Waals surface area contributed by atoms with Crippen molar-refractivity contribution in [1.29, 1.82) is 0 Å². The van der Waals surface area contributed by atoms with Gasteiger partial charge in [0, 0.05) is 29.9 Å². The summed E-state index contributed by atoms with van der Waals surface area (Å²) in [5.74, 6) is 0.488. The highest BCUT2D eigenvalue weighted by atomic mass is 32.2. The second-order valence-corrected chi connectivity index (χ2v) is 9.55. The topological polar surface area (TPSA) is 72.5 Å². The summed E-state index contributed by atoms with van der Waals surface area (Å²) in [4.78, 5) is 37.7. The molecule has 0 amide bonds. The van der Waals surface area contributed by atoms with Crippen LogP contribution in [0.2, 0.25) is 0 Å². The lowest BCUT2D eigenvalue weighted by Crippen LogP contribution is -2.33. The van der Waals surface area contributed by atoms with Crippen LogP contribution in [-0.2, 0) is 19.1 Å². The van der Waals surface area contributed by atoms with Gasteiger partial charge < -0.3 is 10.1 Å². The van der Waals surface area contributed by atoms with Crippen LogP contribution >= 0.6 is 23.5 Å². The van der Waals surface area contributed by atoms with Crippen molar-refractivity contribution in [2.24, 2.45) is 5.92 Å². The highest BCUT2D eigenvalue weighted by Crippen LogP contribution is 2.40. The summed E-state index contributed by atoms with van der Waals surface area (Å²) in [6.45, 7) is 7.58. The monoisotopic (exact) mass is 461 g/mol. The first-order valence-corrected chi connectivity index (χ1v) is 12.7. The molecule has 0 radical (unpaired) electrons. The Morgan fingerprint density at radius 1 is 1.03 bits per heavy atom. The summed E-state index contributed by atoms with van der Waals surface area (Å²) >= 11 is 2.49. The molecule has 1 aromatic carbocycles. The van der Waals surface area contributed by atoms with Gasteiger partial charge in [-0.25, -0.2) is 4.79 Å². The molecule has 168 valence electrons. The fourth-order valence-corrected chi connectivity index (χ4v) is 4.92. The van der Waals surface area contributed by atoms with E-state index in [0.717, 1.165) is 17.7 Å². The average Bonchev–Trinajstić information content (AvgIpc) is 2.74. The van der Waals surface area contributed by atoms with Crippen molar-refractivity contribution in [3.8, 4) is 0 Å². The van der Waals surface area contributed by atoms with Gasteiger partial charge in [-0.3, -0.25) is 9.59 Å². The number of hydrogen-bond acceptors (Lipinski definition) is 7. The average molecular weight is 462 g/mol. The van der Waals surface area contributed by atoms with Crippen LogP contribution in [0.25, 0.3) is 5.70 Å². The number of carbonyl (C=O) groups excluding carboxylic acids is 3. The van der Waals surface area contributed by atoms with Crippen molar-refractivity contribution < 1.29 is 19.1 Å². The summed E-state index contributed by atoms with van der Waals surface area (Å²) < 4.78 is 5.42. The van der Waals surface area contributed by atoms with E-state index in [4.69, 9.17) is 4.74 Å². The standard InChI is InChI=1S/C24H31NO4S2/c1-5-11-18-20(24(28)30-7-3)19(14-15-31-16(4)26)25-22(17-12-9-8-10-13-17)21(18)23(27)29-6-2/h8-10,12-13,18,25H,5-7,11,14-15H2,1-4H3. The Hall–Kier alpha value is -1.99. The normalized spacial score (nSPS) is 16.2. The second-order valence-electron chi connectivity index (χ2n) is 7.04. The molecule has 2 rings (SSSR count). The zero-order chi connectivity index (χ0) is 22.8. The van der Waals surface area contributed by atoms with Crippen LogP contribution in [0.4, 0.5) is 0 Å². The number of thioether (sulfide) groups is 2. The van der Waals surface area contributed by atoms with E-state index in [9.17, 15) is 14.4 Å². The van der Waals surface area contributed by atoms with Gasteiger partial charge in [-0.1, -0.05) is 74.1 Å². The maximum Gasteiger partial charge on any atom is 0.336 e. The molecule has 0 aliphatic carbocycles. The van der Waals surface area contributed by atoms with E-state index in [1.165, 1.54) is 23.5 Å². The van der Waals surface area contributed by atoms with E-state index in [1.807, 2.05) is 44.2 Å². The minimum Gasteiger partial charge on any atom is -0.463 e. The summed E-state index contributed by atoms with van der Waals surface area (Å²) in [7, 11) is 0. The van der Waals surface area contributed by atoms with Gasteiger partial charge in [0.25, 0.3) is 0 Å². The molecule has 1 aliphatic rings. The Balaban J connectivity index is 2.63. The summed E-state index contributed by atoms with van der Waals surface area (Å²) in [6.07, 6.45) is 2.03. The van der Waals surface area contributed by atoms with Gasteiger partial charge in [-0.15, -0.1) is 0 Å². The number of ether oxygens (including phenoxy) is 1. The predicted molar refractivity (Wildman–Crippen MR) is 129 cm³/mol. The zero-order valence-corrected chi connectivity index (χ0v) is 20.3. The molecule has 0 aromatic heterocycles. The maximum atomic E-state index is 13.2. The maximum absolute atomic E-state index is 13.2. The molecule has 0 saturated heterocycles. The first-order valence-electron chi connectivity index (χ1n) is 10.7. The van der Waals surface area contributed by atoms with E-state index in [2.05, 4.69) is 5.32 Å². The summed E-state index contributed by atoms with van der Waals surface area (Å²) in [6, 6.07) is 9.65. The lowest BCUT2D eigenvalue weighted by molar-refractivity contribution is -0.139. The van der Waals surface area contributed by atoms with Gasteiger partial charge in [0.15, 0.2) is 5.12 Å². The van der Waals surface area contributed by atoms with E-state index in [0.29, 0.717) is 41.2 Å². The van der Waals surface area contributed by atoms with Crippen LogP contribution < -0.4 is 5.32 Å². The Morgan fingerprint density at radius 2 is 1.74 bits per heavy atom. The quantitative estimate of drug-likeness (QED) is 0.481. The van der Waals surface area contributed by atoms with Gasteiger partial charge in [0.05, 0.1) is 17.9 Å². The smallest absolute Gasteiger partial charge is 0.336 e. The number of carbonyl (C=O) groups is 3. The van der Waals surface area contributed by atoms with Crippen molar-refractivity contribution in [2.75, 3.05) is 18.1 Å². The van der Waals surface area contributed by atoms with Gasteiger partial charge in [-0.2, -0.15) is 0 Å². The molecular formula is C24H31NO4S2. The second kappa shape index (κ2) is 12.8. The number of rotatable bonds is 10. The third kappa shape index (κ3) is 6.74. The van der Waals surface area contributed by atoms with Crippen LogP contribution in [-0.4, -0.2) is 34.3 Å². The van der Waals surface area contributed by atoms with Crippen molar-refractivity contribution in [2.45, 2.75) is 47.0 Å². The van der Waals surface area contributed by atoms with E-state index in [1.54, 1.807) is 13.8 Å². The first-order chi connectivity index (χ1) is 14.9. The van der Waals surface area contributed by atoms with Crippen LogP contribution in [0, 0.1) is 5.92 Å². The van der Waals surface area contributed by atoms with Crippen LogP contribution in [0.3, 0.4) is 0 Å². The minimum atomic E-state index is -0.392. The van der Waals surface area contributed by atoms with Gasteiger partial charge in [0.1, 0.15) is 0 Å². The third-order valence-corrected chi connectivity index (χ3v) is 6.44. The van der Waals surface area contributed by atoms with Crippen LogP contribution in [0.1, 0.15) is 52.5 Å². The molecule has 0 fully saturated rings. The Kier molecular flexibility index (Phi) is 10.4. The van der Waals surface area contributed by atoms with Crippen molar-refractivity contribution in [3.63, 3.8) is 0 Å². The molecule has 0 bridgehead atoms. The molecular weight excluding hydrogens is 430 g/mol. The van der Waals surface area contributed by atoms with Gasteiger partial charge in [0.2, 0.25) is 5.12 Å². The molecule has 1 unspecified atom stereocenters. The zero-order valence-electron chi connectivity index (χ0n) is 18.7. The number of hydrogen-bond donors (Lipinski definition) is 1. The molecule has 1 heterocycles. The molecule has 0 saturated carbocycles. The highest BCUT2D eigenvalue weighted by molar-refractivity contribution is 8.14. The molecule has 1 N–H and O–H groups in total. The van der Waals surface area contributed by atoms with Gasteiger partial charge >= 0.3 is 5.97 Å². The number of nitrogens with one attached hydrogen (secondary N) is 1. The molecule has 31 heavy (non-hydrogen) atoms. The SMILES string of the molecule is CCCC1C(C(=O)SCC)=C(CCSC(C)=O)NC(c2ccccc2)=C1C(=O)OCC. The van der Waals surface area contributed by atoms with Gasteiger partial charge in [-0.05, 0) is 31.1 Å². The molecule has 1 aliphatic heterocycles. The fourth-order valence-electron chi connectivity index (χ4n) is 3.65. The lowest BCUT2D eigenvalue weighted by atomic mass is 9.81. The lowest BCUT2D eigenvalue weighted by Gasteiger charge is -2.32. The first kappa shape index (κ1) is 25.3. The van der Waals surface area contributed by atoms with Crippen molar-refractivity contribution in [3.05, 3.63) is 52.7 Å². The number of dihydropyridines is 1. The highest BCUT2D eigenvalue weighted by Gasteiger charge is 2.37. The van der Waals surface area contributed by atoms with E-state index < -0.39 is 5.97 Å². The van der Waals surface area contributed by atoms with E-state index >= 15 is 0 Å². The van der Waals surface area contributed by atoms with Crippen molar-refractivity contribution >= 4 is 45.4 Å². The van der Waals surface area contributed by atoms with E-state index in [-0.39, 0.29) is 22.8 Å². The summed E-state index contributed by atoms with van der Waals surface area (Å²) in [5.41, 5.74) is 3.51. The molecule has 5 nitrogen and oxygen atoms in total. The van der Waals surface area contributed by atoms with Crippen LogP contribution in [0.5, 0.6) is 0 Å². The van der Waals surface area contributed by atoms with Crippen LogP contribution in [0.15, 0.2) is 47.2 Å². The predicted octanol–water partition coefficient (Wildman–Crippen LogP) is 5.18. The largest absolute Gasteiger partial charge is 0.463 e. The molecule has 1 aromatic rings. The fraction of sp³-hybridized carbons (Fsp3) is 0.458. The minimum absolute atomic E-state index is 0.0230. The Labute approximate surface area is 193 Å². The molecule has 7 heteroatoms. The molecule has 1 atom stereocenters.